The Balaban J connectivity index is 2.13. The second kappa shape index (κ2) is 6.75. The summed E-state index contributed by atoms with van der Waals surface area (Å²) in [6.07, 6.45) is 4.39. The molecule has 1 aromatic heterocycles. The Labute approximate surface area is 119 Å². The van der Waals surface area contributed by atoms with E-state index in [0.29, 0.717) is 16.5 Å². The number of nitrogens with one attached hydrogen (secondary N) is 1. The van der Waals surface area contributed by atoms with Gasteiger partial charge < -0.3 is 10.2 Å². The van der Waals surface area contributed by atoms with Crippen molar-refractivity contribution < 1.29 is 4.79 Å². The summed E-state index contributed by atoms with van der Waals surface area (Å²) in [5.41, 5.74) is 0.625. The molecule has 19 heavy (non-hydrogen) atoms. The molecule has 5 heteroatoms. The number of likely N-dealkylation sites (tertiary alicyclic amines) is 1. The quantitative estimate of drug-likeness (QED) is 0.862. The summed E-state index contributed by atoms with van der Waals surface area (Å²) >= 11 is 5.99. The second-order valence-corrected chi connectivity index (χ2v) is 5.23. The first-order chi connectivity index (χ1) is 9.20. The number of rotatable bonds is 4. The van der Waals surface area contributed by atoms with Crippen LogP contribution in [0.15, 0.2) is 12.1 Å². The van der Waals surface area contributed by atoms with Crippen molar-refractivity contribution in [3.05, 3.63) is 22.8 Å². The molecule has 0 atom stereocenters. The zero-order valence-corrected chi connectivity index (χ0v) is 12.0. The van der Waals surface area contributed by atoms with Gasteiger partial charge in [-0.2, -0.15) is 0 Å². The normalized spacial score (nSPS) is 15.4. The van der Waals surface area contributed by atoms with Gasteiger partial charge in [0.2, 0.25) is 0 Å². The Morgan fingerprint density at radius 2 is 2.11 bits per heavy atom. The molecule has 1 saturated heterocycles. The van der Waals surface area contributed by atoms with Gasteiger partial charge in [-0.1, -0.05) is 18.5 Å². The number of nitrogens with zero attached hydrogens (tertiary/aromatic N) is 2. The number of hydrogen-bond donors (Lipinski definition) is 1. The summed E-state index contributed by atoms with van der Waals surface area (Å²) in [4.78, 5) is 18.5. The van der Waals surface area contributed by atoms with Gasteiger partial charge in [-0.05, 0) is 37.8 Å². The van der Waals surface area contributed by atoms with E-state index < -0.39 is 0 Å². The maximum absolute atomic E-state index is 12.4. The van der Waals surface area contributed by atoms with Gasteiger partial charge in [0.05, 0.1) is 0 Å². The molecule has 0 saturated carbocycles. The fourth-order valence-corrected chi connectivity index (χ4v) is 2.45. The topological polar surface area (TPSA) is 45.2 Å². The monoisotopic (exact) mass is 281 g/mol. The van der Waals surface area contributed by atoms with Gasteiger partial charge in [0.25, 0.3) is 5.91 Å². The predicted octanol–water partition coefficient (Wildman–Crippen LogP) is 3.18. The highest BCUT2D eigenvalue weighted by atomic mass is 35.5. The van der Waals surface area contributed by atoms with Crippen molar-refractivity contribution in [1.29, 1.82) is 0 Å². The van der Waals surface area contributed by atoms with Crippen molar-refractivity contribution in [3.63, 3.8) is 0 Å². The molecule has 1 aliphatic rings. The molecule has 1 aromatic rings. The van der Waals surface area contributed by atoms with Crippen LogP contribution in [0.25, 0.3) is 0 Å². The summed E-state index contributed by atoms with van der Waals surface area (Å²) in [5, 5.41) is 3.53. The average molecular weight is 282 g/mol. The molecule has 1 fully saturated rings. The number of anilines is 1. The minimum Gasteiger partial charge on any atom is -0.370 e. The zero-order valence-electron chi connectivity index (χ0n) is 11.3. The molecule has 0 bridgehead atoms. The molecule has 0 radical (unpaired) electrons. The van der Waals surface area contributed by atoms with Crippen LogP contribution in [-0.4, -0.2) is 35.4 Å². The number of carbonyl (C=O) groups excluding carboxylic acids is 1. The van der Waals surface area contributed by atoms with Crippen LogP contribution >= 0.6 is 11.6 Å². The van der Waals surface area contributed by atoms with Crippen LogP contribution in [0.2, 0.25) is 5.15 Å². The molecule has 2 rings (SSSR count). The highest BCUT2D eigenvalue weighted by molar-refractivity contribution is 6.29. The highest BCUT2D eigenvalue weighted by Crippen LogP contribution is 2.18. The third-order valence-corrected chi connectivity index (χ3v) is 3.43. The van der Waals surface area contributed by atoms with Crippen molar-refractivity contribution in [2.45, 2.75) is 32.6 Å². The van der Waals surface area contributed by atoms with Gasteiger partial charge in [0, 0.05) is 25.2 Å². The smallest absolute Gasteiger partial charge is 0.254 e. The molecule has 104 valence electrons. The van der Waals surface area contributed by atoms with Crippen LogP contribution < -0.4 is 5.32 Å². The van der Waals surface area contributed by atoms with Gasteiger partial charge in [0.1, 0.15) is 11.0 Å². The molecule has 1 N–H and O–H groups in total. The average Bonchev–Trinajstić information content (AvgIpc) is 2.44. The minimum absolute atomic E-state index is 0.0588. The van der Waals surface area contributed by atoms with Crippen molar-refractivity contribution in [2.75, 3.05) is 25.0 Å². The SMILES string of the molecule is CCCNc1cc(C(=O)N2CCCCC2)cc(Cl)n1. The van der Waals surface area contributed by atoms with Gasteiger partial charge in [-0.25, -0.2) is 4.98 Å². The van der Waals surface area contributed by atoms with Gasteiger partial charge in [0.15, 0.2) is 0 Å². The van der Waals surface area contributed by atoms with Gasteiger partial charge >= 0.3 is 0 Å². The van der Waals surface area contributed by atoms with Crippen LogP contribution in [0.1, 0.15) is 43.0 Å². The lowest BCUT2D eigenvalue weighted by Crippen LogP contribution is -2.35. The first-order valence-corrected chi connectivity index (χ1v) is 7.29. The lowest BCUT2D eigenvalue weighted by Gasteiger charge is -2.26. The maximum atomic E-state index is 12.4. The fraction of sp³-hybridized carbons (Fsp3) is 0.571. The maximum Gasteiger partial charge on any atom is 0.254 e. The molecule has 1 aliphatic heterocycles. The minimum atomic E-state index is 0.0588. The number of hydrogen-bond acceptors (Lipinski definition) is 3. The summed E-state index contributed by atoms with van der Waals surface area (Å²) in [6.45, 7) is 4.59. The number of amides is 1. The highest BCUT2D eigenvalue weighted by Gasteiger charge is 2.19. The summed E-state index contributed by atoms with van der Waals surface area (Å²) < 4.78 is 0. The summed E-state index contributed by atoms with van der Waals surface area (Å²) in [7, 11) is 0. The molecule has 0 aliphatic carbocycles. The molecule has 1 amide bonds. The Morgan fingerprint density at radius 1 is 1.37 bits per heavy atom. The fourth-order valence-electron chi connectivity index (χ4n) is 2.24. The van der Waals surface area contributed by atoms with E-state index in [9.17, 15) is 4.79 Å². The van der Waals surface area contributed by atoms with E-state index in [1.54, 1.807) is 12.1 Å². The number of halogens is 1. The largest absolute Gasteiger partial charge is 0.370 e. The van der Waals surface area contributed by atoms with Crippen LogP contribution in [0.3, 0.4) is 0 Å². The van der Waals surface area contributed by atoms with Gasteiger partial charge in [-0.15, -0.1) is 0 Å². The number of pyridine rings is 1. The van der Waals surface area contributed by atoms with E-state index in [1.807, 2.05) is 4.90 Å². The lowest BCUT2D eigenvalue weighted by molar-refractivity contribution is 0.0724. The van der Waals surface area contributed by atoms with E-state index >= 15 is 0 Å². The number of aromatic nitrogens is 1. The van der Waals surface area contributed by atoms with Crippen molar-refractivity contribution in [2.24, 2.45) is 0 Å². The Morgan fingerprint density at radius 3 is 2.79 bits per heavy atom. The Bertz CT molecular complexity index is 444. The molecule has 0 spiro atoms. The predicted molar refractivity (Wildman–Crippen MR) is 77.8 cm³/mol. The first kappa shape index (κ1) is 14.1. The van der Waals surface area contributed by atoms with Crippen molar-refractivity contribution >= 4 is 23.3 Å². The van der Waals surface area contributed by atoms with E-state index in [-0.39, 0.29) is 5.91 Å². The van der Waals surface area contributed by atoms with E-state index in [4.69, 9.17) is 11.6 Å². The third kappa shape index (κ3) is 3.83. The Hall–Kier alpha value is -1.29. The zero-order chi connectivity index (χ0) is 13.7. The van der Waals surface area contributed by atoms with Crippen LogP contribution in [0, 0.1) is 0 Å². The standard InChI is InChI=1S/C14H20ClN3O/c1-2-6-16-13-10-11(9-12(15)17-13)14(19)18-7-4-3-5-8-18/h9-10H,2-8H2,1H3,(H,16,17). The summed E-state index contributed by atoms with van der Waals surface area (Å²) in [5.74, 6) is 0.734. The number of carbonyl (C=O) groups is 1. The molecular formula is C14H20ClN3O. The van der Waals surface area contributed by atoms with E-state index in [0.717, 1.165) is 38.9 Å². The van der Waals surface area contributed by atoms with Gasteiger partial charge in [-0.3, -0.25) is 4.79 Å². The molecule has 0 unspecified atom stereocenters. The van der Waals surface area contributed by atoms with Crippen molar-refractivity contribution in [3.8, 4) is 0 Å². The number of piperidine rings is 1. The van der Waals surface area contributed by atoms with Crippen LogP contribution in [-0.2, 0) is 0 Å². The third-order valence-electron chi connectivity index (χ3n) is 3.24. The lowest BCUT2D eigenvalue weighted by atomic mass is 10.1. The van der Waals surface area contributed by atoms with E-state index in [2.05, 4.69) is 17.2 Å². The first-order valence-electron chi connectivity index (χ1n) is 6.91. The van der Waals surface area contributed by atoms with E-state index in [1.165, 1.54) is 6.42 Å². The second-order valence-electron chi connectivity index (χ2n) is 4.84. The molecule has 4 nitrogen and oxygen atoms in total. The summed E-state index contributed by atoms with van der Waals surface area (Å²) in [6, 6.07) is 3.44. The Kier molecular flexibility index (Phi) is 5.02. The van der Waals surface area contributed by atoms with Crippen molar-refractivity contribution in [1.82, 2.24) is 9.88 Å². The molecule has 0 aromatic carbocycles. The molecular weight excluding hydrogens is 262 g/mol. The molecule has 2 heterocycles. The van der Waals surface area contributed by atoms with Crippen LogP contribution in [0.4, 0.5) is 5.82 Å². The van der Waals surface area contributed by atoms with Crippen LogP contribution in [0.5, 0.6) is 0 Å².